The highest BCUT2D eigenvalue weighted by molar-refractivity contribution is 5.76. The number of hydrogen-bond donors (Lipinski definition) is 3. The van der Waals surface area contributed by atoms with Gasteiger partial charge in [-0.1, -0.05) is 81.2 Å². The molecule has 1 amide bonds. The van der Waals surface area contributed by atoms with E-state index in [4.69, 9.17) is 0 Å². The summed E-state index contributed by atoms with van der Waals surface area (Å²) < 4.78 is 0. The third kappa shape index (κ3) is 20.0. The molecule has 0 aliphatic carbocycles. The average molecular weight is 434 g/mol. The minimum atomic E-state index is -0.867. The Morgan fingerprint density at radius 3 is 2.06 bits per heavy atom. The molecule has 0 aromatic heterocycles. The van der Waals surface area contributed by atoms with Crippen LogP contribution >= 0.6 is 0 Å². The van der Waals surface area contributed by atoms with Gasteiger partial charge in [-0.2, -0.15) is 0 Å². The number of unbranched alkanes of at least 4 members (excludes halogenated alkanes) is 8. The zero-order chi connectivity index (χ0) is 23.0. The van der Waals surface area contributed by atoms with E-state index in [-0.39, 0.29) is 12.5 Å². The zero-order valence-corrected chi connectivity index (χ0v) is 20.0. The summed E-state index contributed by atoms with van der Waals surface area (Å²) in [7, 11) is 0. The maximum atomic E-state index is 12.1. The molecule has 0 saturated heterocycles. The van der Waals surface area contributed by atoms with Gasteiger partial charge in [0, 0.05) is 6.42 Å². The SMILES string of the molecule is C/C=C/CC/C=C/CC/C=C/C(O)C(CO)NC(=O)CCCCCCC/C=C\CCC. The van der Waals surface area contributed by atoms with E-state index in [0.29, 0.717) is 6.42 Å². The van der Waals surface area contributed by atoms with Crippen LogP contribution < -0.4 is 5.32 Å². The molecule has 2 atom stereocenters. The van der Waals surface area contributed by atoms with Crippen LogP contribution in [0.3, 0.4) is 0 Å². The number of amides is 1. The Morgan fingerprint density at radius 1 is 0.806 bits per heavy atom. The van der Waals surface area contributed by atoms with Crippen molar-refractivity contribution < 1.29 is 15.0 Å². The molecule has 0 radical (unpaired) electrons. The van der Waals surface area contributed by atoms with Crippen molar-refractivity contribution in [1.29, 1.82) is 0 Å². The molecule has 0 fully saturated rings. The second-order valence-electron chi connectivity index (χ2n) is 8.04. The van der Waals surface area contributed by atoms with Crippen LogP contribution in [0.25, 0.3) is 0 Å². The summed E-state index contributed by atoms with van der Waals surface area (Å²) in [4.78, 5) is 12.1. The van der Waals surface area contributed by atoms with Gasteiger partial charge in [0.2, 0.25) is 5.91 Å². The fraction of sp³-hybridized carbons (Fsp3) is 0.667. The Morgan fingerprint density at radius 2 is 1.39 bits per heavy atom. The highest BCUT2D eigenvalue weighted by Crippen LogP contribution is 2.08. The molecule has 2 unspecified atom stereocenters. The van der Waals surface area contributed by atoms with Gasteiger partial charge < -0.3 is 15.5 Å². The molecule has 0 aliphatic rings. The van der Waals surface area contributed by atoms with Crippen LogP contribution in [0.2, 0.25) is 0 Å². The summed E-state index contributed by atoms with van der Waals surface area (Å²) in [5, 5.41) is 22.5. The van der Waals surface area contributed by atoms with Crippen molar-refractivity contribution in [2.45, 2.75) is 109 Å². The Kier molecular flexibility index (Phi) is 21.8. The van der Waals surface area contributed by atoms with Gasteiger partial charge in [0.1, 0.15) is 0 Å². The van der Waals surface area contributed by atoms with Crippen LogP contribution in [0, 0.1) is 0 Å². The van der Waals surface area contributed by atoms with Crippen LogP contribution in [0.1, 0.15) is 97.3 Å². The van der Waals surface area contributed by atoms with Crippen molar-refractivity contribution >= 4 is 5.91 Å². The number of nitrogens with one attached hydrogen (secondary N) is 1. The third-order valence-corrected chi connectivity index (χ3v) is 5.09. The number of hydrogen-bond acceptors (Lipinski definition) is 3. The molecule has 0 bridgehead atoms. The van der Waals surface area contributed by atoms with Crippen molar-refractivity contribution in [3.8, 4) is 0 Å². The molecule has 0 heterocycles. The minimum absolute atomic E-state index is 0.0990. The molecular weight excluding hydrogens is 386 g/mol. The van der Waals surface area contributed by atoms with Gasteiger partial charge in [-0.3, -0.25) is 4.79 Å². The zero-order valence-electron chi connectivity index (χ0n) is 20.0. The lowest BCUT2D eigenvalue weighted by molar-refractivity contribution is -0.123. The summed E-state index contributed by atoms with van der Waals surface area (Å²) >= 11 is 0. The monoisotopic (exact) mass is 433 g/mol. The second-order valence-corrected chi connectivity index (χ2v) is 8.04. The summed E-state index contributed by atoms with van der Waals surface area (Å²) in [6.45, 7) is 3.95. The lowest BCUT2D eigenvalue weighted by Crippen LogP contribution is -2.45. The standard InChI is InChI=1S/C27H47NO3/c1-3-5-7-9-11-13-15-17-19-21-23-27(31)28-25(24-29)26(30)22-20-18-16-14-12-10-8-6-4-2/h4,6-7,9,12,14,20,22,25-26,29-30H,3,5,8,10-11,13,15-19,21,23-24H2,1-2H3,(H,28,31)/b6-4+,9-7-,14-12+,22-20+. The fourth-order valence-corrected chi connectivity index (χ4v) is 3.16. The van der Waals surface area contributed by atoms with Gasteiger partial charge in [-0.25, -0.2) is 0 Å². The van der Waals surface area contributed by atoms with Gasteiger partial charge in [0.05, 0.1) is 18.8 Å². The van der Waals surface area contributed by atoms with Crippen LogP contribution in [0.4, 0.5) is 0 Å². The number of carbonyl (C=O) groups excluding carboxylic acids is 1. The first-order valence-corrected chi connectivity index (χ1v) is 12.3. The predicted molar refractivity (Wildman–Crippen MR) is 133 cm³/mol. The van der Waals surface area contributed by atoms with Gasteiger partial charge in [-0.05, 0) is 58.3 Å². The first-order valence-electron chi connectivity index (χ1n) is 12.3. The van der Waals surface area contributed by atoms with Crippen molar-refractivity contribution in [3.63, 3.8) is 0 Å². The number of aliphatic hydroxyl groups excluding tert-OH is 2. The molecule has 31 heavy (non-hydrogen) atoms. The van der Waals surface area contributed by atoms with E-state index in [1.165, 1.54) is 25.7 Å². The topological polar surface area (TPSA) is 69.6 Å². The van der Waals surface area contributed by atoms with Gasteiger partial charge >= 0.3 is 0 Å². The highest BCUT2D eigenvalue weighted by Gasteiger charge is 2.17. The van der Waals surface area contributed by atoms with Crippen LogP contribution in [-0.4, -0.2) is 34.9 Å². The summed E-state index contributed by atoms with van der Waals surface area (Å²) in [5.74, 6) is -0.0990. The van der Waals surface area contributed by atoms with E-state index in [1.807, 2.05) is 13.0 Å². The number of carbonyl (C=O) groups is 1. The normalized spacial score (nSPS) is 14.3. The largest absolute Gasteiger partial charge is 0.394 e. The Balaban J connectivity index is 3.86. The smallest absolute Gasteiger partial charge is 0.220 e. The molecule has 0 aliphatic heterocycles. The quantitative estimate of drug-likeness (QED) is 0.159. The number of allylic oxidation sites excluding steroid dienone is 7. The lowest BCUT2D eigenvalue weighted by atomic mass is 10.1. The van der Waals surface area contributed by atoms with Crippen molar-refractivity contribution in [2.24, 2.45) is 0 Å². The third-order valence-electron chi connectivity index (χ3n) is 5.09. The molecule has 0 saturated carbocycles. The van der Waals surface area contributed by atoms with Crippen LogP contribution in [0.15, 0.2) is 48.6 Å². The van der Waals surface area contributed by atoms with Crippen molar-refractivity contribution in [3.05, 3.63) is 48.6 Å². The molecule has 4 nitrogen and oxygen atoms in total. The Hall–Kier alpha value is -1.65. The second kappa shape index (κ2) is 23.0. The molecule has 0 aromatic carbocycles. The molecule has 4 heteroatoms. The van der Waals surface area contributed by atoms with Crippen LogP contribution in [0.5, 0.6) is 0 Å². The van der Waals surface area contributed by atoms with E-state index in [9.17, 15) is 15.0 Å². The van der Waals surface area contributed by atoms with Crippen LogP contribution in [-0.2, 0) is 4.79 Å². The number of rotatable bonds is 20. The molecular formula is C27H47NO3. The van der Waals surface area contributed by atoms with E-state index in [2.05, 4.69) is 48.7 Å². The predicted octanol–water partition coefficient (Wildman–Crippen LogP) is 6.16. The Bertz CT molecular complexity index is 523. The lowest BCUT2D eigenvalue weighted by Gasteiger charge is -2.19. The fourth-order valence-electron chi connectivity index (χ4n) is 3.16. The van der Waals surface area contributed by atoms with E-state index in [1.54, 1.807) is 6.08 Å². The molecule has 178 valence electrons. The molecule has 3 N–H and O–H groups in total. The van der Waals surface area contributed by atoms with Crippen molar-refractivity contribution in [1.82, 2.24) is 5.32 Å². The van der Waals surface area contributed by atoms with E-state index < -0.39 is 12.1 Å². The molecule has 0 rings (SSSR count). The molecule has 0 aromatic rings. The summed E-state index contributed by atoms with van der Waals surface area (Å²) in [6.07, 6.45) is 29.1. The first-order chi connectivity index (χ1) is 15.2. The minimum Gasteiger partial charge on any atom is -0.394 e. The van der Waals surface area contributed by atoms with Crippen molar-refractivity contribution in [2.75, 3.05) is 6.61 Å². The molecule has 0 spiro atoms. The van der Waals surface area contributed by atoms with E-state index in [0.717, 1.165) is 51.4 Å². The van der Waals surface area contributed by atoms with Gasteiger partial charge in [0.15, 0.2) is 0 Å². The number of aliphatic hydroxyl groups is 2. The summed E-state index contributed by atoms with van der Waals surface area (Å²) in [6, 6.07) is -0.643. The highest BCUT2D eigenvalue weighted by atomic mass is 16.3. The maximum Gasteiger partial charge on any atom is 0.220 e. The average Bonchev–Trinajstić information content (AvgIpc) is 2.77. The first kappa shape index (κ1) is 29.4. The summed E-state index contributed by atoms with van der Waals surface area (Å²) in [5.41, 5.74) is 0. The van der Waals surface area contributed by atoms with E-state index >= 15 is 0 Å². The van der Waals surface area contributed by atoms with Gasteiger partial charge in [0.25, 0.3) is 0 Å². The van der Waals surface area contributed by atoms with Gasteiger partial charge in [-0.15, -0.1) is 0 Å². The maximum absolute atomic E-state index is 12.1. The Labute approximate surface area is 191 Å².